The minimum atomic E-state index is -4.08. The Hall–Kier alpha value is 0.0600. The number of alkyl halides is 3. The van der Waals surface area contributed by atoms with Gasteiger partial charge in [-0.25, -0.2) is 0 Å². The third-order valence-electron chi connectivity index (χ3n) is 3.15. The van der Waals surface area contributed by atoms with E-state index in [1.54, 1.807) is 0 Å². The number of hydrogen-bond donors (Lipinski definition) is 1. The van der Waals surface area contributed by atoms with Crippen LogP contribution < -0.4 is 5.32 Å². The molecule has 1 N–H and O–H groups in total. The van der Waals surface area contributed by atoms with Gasteiger partial charge in [0.15, 0.2) is 0 Å². The maximum atomic E-state index is 12.0. The molecule has 1 saturated carbocycles. The number of hydrogen-bond acceptors (Lipinski definition) is 3. The fraction of sp³-hybridized carbons (Fsp3) is 1.00. The molecule has 0 spiro atoms. The Bertz CT molecular complexity index is 231. The van der Waals surface area contributed by atoms with Gasteiger partial charge in [-0.1, -0.05) is 0 Å². The first-order valence-corrected chi connectivity index (χ1v) is 6.69. The Balaban J connectivity index is 1.65. The number of halogens is 3. The van der Waals surface area contributed by atoms with Crippen molar-refractivity contribution in [1.29, 1.82) is 0 Å². The summed E-state index contributed by atoms with van der Waals surface area (Å²) < 4.78 is 35.9. The van der Waals surface area contributed by atoms with Crippen LogP contribution in [0.5, 0.6) is 0 Å². The Kier molecular flexibility index (Phi) is 4.02. The lowest BCUT2D eigenvalue weighted by molar-refractivity contribution is -0.0329. The maximum absolute atomic E-state index is 12.0. The average molecular weight is 254 g/mol. The van der Waals surface area contributed by atoms with Gasteiger partial charge in [0, 0.05) is 38.0 Å². The predicted octanol–water partition coefficient (Wildman–Crippen LogP) is 1.92. The first-order valence-electron chi connectivity index (χ1n) is 5.71. The van der Waals surface area contributed by atoms with Crippen molar-refractivity contribution in [2.24, 2.45) is 5.92 Å². The molecule has 1 atom stereocenters. The first kappa shape index (κ1) is 12.5. The maximum Gasteiger partial charge on any atom is 0.441 e. The molecule has 0 aromatic heterocycles. The van der Waals surface area contributed by atoms with Crippen molar-refractivity contribution in [2.45, 2.75) is 24.4 Å². The molecule has 1 aliphatic heterocycles. The van der Waals surface area contributed by atoms with Gasteiger partial charge in [-0.05, 0) is 30.5 Å². The number of nitrogens with zero attached hydrogens (tertiary/aromatic N) is 1. The summed E-state index contributed by atoms with van der Waals surface area (Å²) in [6, 6.07) is 0.518. The van der Waals surface area contributed by atoms with Crippen molar-refractivity contribution in [3.05, 3.63) is 0 Å². The molecule has 1 saturated heterocycles. The summed E-state index contributed by atoms with van der Waals surface area (Å²) in [6.45, 7) is 3.26. The van der Waals surface area contributed by atoms with Crippen molar-refractivity contribution >= 4 is 11.8 Å². The largest absolute Gasteiger partial charge is 0.441 e. The van der Waals surface area contributed by atoms with Crippen LogP contribution in [0, 0.1) is 5.92 Å². The van der Waals surface area contributed by atoms with Gasteiger partial charge in [0.05, 0.1) is 0 Å². The normalized spacial score (nSPS) is 28.3. The van der Waals surface area contributed by atoms with Crippen molar-refractivity contribution in [3.63, 3.8) is 0 Å². The Morgan fingerprint density at radius 1 is 1.31 bits per heavy atom. The Morgan fingerprint density at radius 3 is 2.69 bits per heavy atom. The van der Waals surface area contributed by atoms with Crippen LogP contribution in [0.4, 0.5) is 13.2 Å². The Morgan fingerprint density at radius 2 is 2.06 bits per heavy atom. The van der Waals surface area contributed by atoms with Crippen LogP contribution in [0.25, 0.3) is 0 Å². The molecular formula is C10H17F3N2S. The van der Waals surface area contributed by atoms with Crippen LogP contribution in [-0.4, -0.2) is 48.4 Å². The second-order valence-corrected chi connectivity index (χ2v) is 5.65. The summed E-state index contributed by atoms with van der Waals surface area (Å²) in [5.41, 5.74) is -4.08. The van der Waals surface area contributed by atoms with Gasteiger partial charge >= 0.3 is 5.51 Å². The SMILES string of the molecule is FC(F)(F)SCCN1CCNC(C2CC2)C1. The highest BCUT2D eigenvalue weighted by Crippen LogP contribution is 2.34. The third kappa shape index (κ3) is 4.14. The van der Waals surface area contributed by atoms with E-state index in [1.807, 2.05) is 0 Å². The van der Waals surface area contributed by atoms with Gasteiger partial charge in [-0.15, -0.1) is 0 Å². The van der Waals surface area contributed by atoms with Crippen LogP contribution >= 0.6 is 11.8 Å². The van der Waals surface area contributed by atoms with Gasteiger partial charge in [-0.2, -0.15) is 13.2 Å². The molecule has 0 radical (unpaired) electrons. The van der Waals surface area contributed by atoms with Gasteiger partial charge in [0.2, 0.25) is 0 Å². The monoisotopic (exact) mass is 254 g/mol. The Labute approximate surface area is 97.9 Å². The molecule has 1 unspecified atom stereocenters. The van der Waals surface area contributed by atoms with Gasteiger partial charge in [-0.3, -0.25) is 4.90 Å². The first-order chi connectivity index (χ1) is 7.54. The standard InChI is InChI=1S/C10H17F3N2S/c11-10(12,13)16-6-5-15-4-3-14-9(7-15)8-1-2-8/h8-9,14H,1-7H2. The molecule has 16 heavy (non-hydrogen) atoms. The second-order valence-electron chi connectivity index (χ2n) is 4.49. The molecule has 1 aliphatic carbocycles. The lowest BCUT2D eigenvalue weighted by Gasteiger charge is -2.33. The summed E-state index contributed by atoms with van der Waals surface area (Å²) in [7, 11) is 0. The summed E-state index contributed by atoms with van der Waals surface area (Å²) in [5, 5.41) is 3.45. The number of rotatable bonds is 4. The minimum absolute atomic E-state index is 0.0904. The third-order valence-corrected chi connectivity index (χ3v) is 3.87. The number of thioether (sulfide) groups is 1. The highest BCUT2D eigenvalue weighted by molar-refractivity contribution is 8.00. The van der Waals surface area contributed by atoms with Gasteiger partial charge in [0.25, 0.3) is 0 Å². The fourth-order valence-electron chi connectivity index (χ4n) is 2.15. The van der Waals surface area contributed by atoms with E-state index < -0.39 is 5.51 Å². The fourth-order valence-corrected chi connectivity index (χ4v) is 2.73. The lowest BCUT2D eigenvalue weighted by Crippen LogP contribution is -2.52. The zero-order valence-corrected chi connectivity index (χ0v) is 9.91. The summed E-state index contributed by atoms with van der Waals surface area (Å²) in [5.74, 6) is 0.930. The summed E-state index contributed by atoms with van der Waals surface area (Å²) in [6.07, 6.45) is 2.56. The molecule has 2 nitrogen and oxygen atoms in total. The second kappa shape index (κ2) is 5.14. The molecule has 1 heterocycles. The quantitative estimate of drug-likeness (QED) is 0.825. The van der Waals surface area contributed by atoms with Crippen LogP contribution in [0.15, 0.2) is 0 Å². The molecule has 0 bridgehead atoms. The average Bonchev–Trinajstić information content (AvgIpc) is 2.99. The number of piperazine rings is 1. The molecule has 94 valence electrons. The number of nitrogens with one attached hydrogen (secondary N) is 1. The van der Waals surface area contributed by atoms with Crippen molar-refractivity contribution < 1.29 is 13.2 Å². The van der Waals surface area contributed by atoms with E-state index in [9.17, 15) is 13.2 Å². The zero-order valence-electron chi connectivity index (χ0n) is 9.09. The van der Waals surface area contributed by atoms with Gasteiger partial charge in [0.1, 0.15) is 0 Å². The van der Waals surface area contributed by atoms with Crippen molar-refractivity contribution in [3.8, 4) is 0 Å². The van der Waals surface area contributed by atoms with Crippen LogP contribution in [0.2, 0.25) is 0 Å². The van der Waals surface area contributed by atoms with E-state index in [4.69, 9.17) is 0 Å². The molecule has 2 aliphatic rings. The molecule has 2 rings (SSSR count). The van der Waals surface area contributed by atoms with Crippen molar-refractivity contribution in [2.75, 3.05) is 31.9 Å². The molecule has 0 aromatic carbocycles. The van der Waals surface area contributed by atoms with E-state index in [0.717, 1.165) is 25.6 Å². The minimum Gasteiger partial charge on any atom is -0.311 e. The summed E-state index contributed by atoms with van der Waals surface area (Å²) >= 11 is 0.0904. The molecule has 0 aromatic rings. The highest BCUT2D eigenvalue weighted by Gasteiger charge is 2.34. The highest BCUT2D eigenvalue weighted by atomic mass is 32.2. The topological polar surface area (TPSA) is 15.3 Å². The van der Waals surface area contributed by atoms with Crippen LogP contribution in [0.3, 0.4) is 0 Å². The van der Waals surface area contributed by atoms with E-state index in [2.05, 4.69) is 10.2 Å². The molecule has 6 heteroatoms. The van der Waals surface area contributed by atoms with E-state index in [0.29, 0.717) is 12.6 Å². The van der Waals surface area contributed by atoms with E-state index >= 15 is 0 Å². The zero-order chi connectivity index (χ0) is 11.6. The van der Waals surface area contributed by atoms with Gasteiger partial charge < -0.3 is 5.32 Å². The predicted molar refractivity (Wildman–Crippen MR) is 59.5 cm³/mol. The van der Waals surface area contributed by atoms with Crippen LogP contribution in [-0.2, 0) is 0 Å². The lowest BCUT2D eigenvalue weighted by atomic mass is 10.1. The molecule has 0 amide bonds. The van der Waals surface area contributed by atoms with Crippen molar-refractivity contribution in [1.82, 2.24) is 10.2 Å². The molecule has 2 fully saturated rings. The molecular weight excluding hydrogens is 237 g/mol. The summed E-state index contributed by atoms with van der Waals surface area (Å²) in [4.78, 5) is 2.15. The van der Waals surface area contributed by atoms with Crippen LogP contribution in [0.1, 0.15) is 12.8 Å². The van der Waals surface area contributed by atoms with E-state index in [-0.39, 0.29) is 17.5 Å². The smallest absolute Gasteiger partial charge is 0.311 e. The van der Waals surface area contributed by atoms with E-state index in [1.165, 1.54) is 12.8 Å².